The molecule has 0 N–H and O–H groups in total. The second kappa shape index (κ2) is 8.35. The Labute approximate surface area is 150 Å². The Morgan fingerprint density at radius 1 is 1.20 bits per heavy atom. The van der Waals surface area contributed by atoms with Crippen LogP contribution in [0.1, 0.15) is 44.6 Å². The molecule has 2 fully saturated rings. The fourth-order valence-electron chi connectivity index (χ4n) is 4.18. The average molecular weight is 341 g/mol. The zero-order valence-corrected chi connectivity index (χ0v) is 15.0. The first-order valence-electron chi connectivity index (χ1n) is 9.39. The molecular formula is C20H27N3O2. The Kier molecular flexibility index (Phi) is 5.93. The number of ether oxygens (including phenoxy) is 1. The van der Waals surface area contributed by atoms with Crippen molar-refractivity contribution in [1.29, 1.82) is 5.26 Å². The van der Waals surface area contributed by atoms with Crippen LogP contribution in [0, 0.1) is 11.3 Å². The van der Waals surface area contributed by atoms with Crippen molar-refractivity contribution >= 4 is 5.91 Å². The van der Waals surface area contributed by atoms with Crippen molar-refractivity contribution in [2.24, 2.45) is 0 Å². The SMILES string of the molecule is CCC(=O)N1CCC[C@H]1[C@H]1CCCN1CCOc1ccc(C#N)cc1. The number of amides is 1. The van der Waals surface area contributed by atoms with Crippen LogP contribution in [-0.4, -0.2) is 54.0 Å². The van der Waals surface area contributed by atoms with Gasteiger partial charge in [0.2, 0.25) is 5.91 Å². The lowest BCUT2D eigenvalue weighted by Gasteiger charge is -2.35. The van der Waals surface area contributed by atoms with Crippen LogP contribution < -0.4 is 4.74 Å². The quantitative estimate of drug-likeness (QED) is 0.798. The first kappa shape index (κ1) is 17.8. The molecule has 0 unspecified atom stereocenters. The Morgan fingerprint density at radius 2 is 1.92 bits per heavy atom. The molecule has 2 saturated heterocycles. The van der Waals surface area contributed by atoms with Gasteiger partial charge < -0.3 is 9.64 Å². The van der Waals surface area contributed by atoms with Gasteiger partial charge in [0.1, 0.15) is 12.4 Å². The van der Waals surface area contributed by atoms with E-state index in [2.05, 4.69) is 15.9 Å². The molecule has 134 valence electrons. The number of likely N-dealkylation sites (tertiary alicyclic amines) is 2. The Bertz CT molecular complexity index is 623. The van der Waals surface area contributed by atoms with Crippen LogP contribution in [0.25, 0.3) is 0 Å². The van der Waals surface area contributed by atoms with E-state index >= 15 is 0 Å². The molecule has 2 aliphatic heterocycles. The first-order chi connectivity index (χ1) is 12.2. The highest BCUT2D eigenvalue weighted by molar-refractivity contribution is 5.76. The van der Waals surface area contributed by atoms with Gasteiger partial charge in [0.05, 0.1) is 11.6 Å². The molecule has 0 aromatic heterocycles. The van der Waals surface area contributed by atoms with E-state index in [-0.39, 0.29) is 0 Å². The summed E-state index contributed by atoms with van der Waals surface area (Å²) in [6.07, 6.45) is 5.23. The van der Waals surface area contributed by atoms with E-state index < -0.39 is 0 Å². The fourth-order valence-corrected chi connectivity index (χ4v) is 4.18. The summed E-state index contributed by atoms with van der Waals surface area (Å²) in [6, 6.07) is 10.2. The fraction of sp³-hybridized carbons (Fsp3) is 0.600. The molecule has 0 bridgehead atoms. The second-order valence-corrected chi connectivity index (χ2v) is 6.88. The maximum atomic E-state index is 12.2. The monoisotopic (exact) mass is 341 g/mol. The van der Waals surface area contributed by atoms with Crippen LogP contribution in [0.4, 0.5) is 0 Å². The highest BCUT2D eigenvalue weighted by atomic mass is 16.5. The molecule has 5 heteroatoms. The van der Waals surface area contributed by atoms with Crippen LogP contribution in [0.5, 0.6) is 5.75 Å². The number of benzene rings is 1. The molecule has 3 rings (SSSR count). The van der Waals surface area contributed by atoms with Crippen molar-refractivity contribution in [3.63, 3.8) is 0 Å². The summed E-state index contributed by atoms with van der Waals surface area (Å²) >= 11 is 0. The van der Waals surface area contributed by atoms with Gasteiger partial charge in [-0.3, -0.25) is 9.69 Å². The molecule has 0 saturated carbocycles. The van der Waals surface area contributed by atoms with E-state index in [1.807, 2.05) is 19.1 Å². The minimum atomic E-state index is 0.295. The number of nitriles is 1. The normalized spacial score (nSPS) is 23.6. The van der Waals surface area contributed by atoms with Gasteiger partial charge in [-0.1, -0.05) is 6.92 Å². The molecule has 1 amide bonds. The zero-order chi connectivity index (χ0) is 17.6. The molecule has 2 aliphatic rings. The van der Waals surface area contributed by atoms with E-state index in [4.69, 9.17) is 10.00 Å². The summed E-state index contributed by atoms with van der Waals surface area (Å²) < 4.78 is 5.84. The van der Waals surface area contributed by atoms with Gasteiger partial charge >= 0.3 is 0 Å². The summed E-state index contributed by atoms with van der Waals surface area (Å²) in [7, 11) is 0. The molecule has 1 aromatic carbocycles. The van der Waals surface area contributed by atoms with Crippen LogP contribution in [0.15, 0.2) is 24.3 Å². The van der Waals surface area contributed by atoms with Crippen molar-refractivity contribution in [3.8, 4) is 11.8 Å². The highest BCUT2D eigenvalue weighted by Gasteiger charge is 2.38. The molecule has 2 atom stereocenters. The van der Waals surface area contributed by atoms with Crippen molar-refractivity contribution in [2.75, 3.05) is 26.2 Å². The summed E-state index contributed by atoms with van der Waals surface area (Å²) in [6.45, 7) is 5.48. The number of hydrogen-bond acceptors (Lipinski definition) is 4. The van der Waals surface area contributed by atoms with Crippen molar-refractivity contribution < 1.29 is 9.53 Å². The molecule has 0 spiro atoms. The van der Waals surface area contributed by atoms with Crippen molar-refractivity contribution in [1.82, 2.24) is 9.80 Å². The lowest BCUT2D eigenvalue weighted by atomic mass is 10.0. The molecule has 0 radical (unpaired) electrons. The summed E-state index contributed by atoms with van der Waals surface area (Å²) in [4.78, 5) is 16.8. The second-order valence-electron chi connectivity index (χ2n) is 6.88. The van der Waals surface area contributed by atoms with E-state index in [0.29, 0.717) is 36.6 Å². The molecule has 0 aliphatic carbocycles. The van der Waals surface area contributed by atoms with E-state index in [9.17, 15) is 4.79 Å². The van der Waals surface area contributed by atoms with Crippen LogP contribution >= 0.6 is 0 Å². The number of hydrogen-bond donors (Lipinski definition) is 0. The van der Waals surface area contributed by atoms with Gasteiger partial charge in [-0.25, -0.2) is 0 Å². The van der Waals surface area contributed by atoms with Gasteiger partial charge in [0.15, 0.2) is 0 Å². The van der Waals surface area contributed by atoms with Gasteiger partial charge in [0.25, 0.3) is 0 Å². The Balaban J connectivity index is 1.53. The minimum absolute atomic E-state index is 0.295. The molecule has 25 heavy (non-hydrogen) atoms. The number of rotatable bonds is 6. The molecule has 2 heterocycles. The standard InChI is InChI=1S/C20H27N3O2/c1-2-20(24)23-12-4-6-19(23)18-5-3-11-22(18)13-14-25-17-9-7-16(15-21)8-10-17/h7-10,18-19H,2-6,11-14H2,1H3/t18-,19+/m1/s1. The Hall–Kier alpha value is -2.06. The molecule has 1 aromatic rings. The average Bonchev–Trinajstić information content (AvgIpc) is 3.30. The summed E-state index contributed by atoms with van der Waals surface area (Å²) in [5.74, 6) is 1.10. The summed E-state index contributed by atoms with van der Waals surface area (Å²) in [5.41, 5.74) is 0.647. The topological polar surface area (TPSA) is 56.6 Å². The third-order valence-corrected chi connectivity index (χ3v) is 5.41. The largest absolute Gasteiger partial charge is 0.492 e. The van der Waals surface area contributed by atoms with Gasteiger partial charge in [-0.05, 0) is 56.5 Å². The number of nitrogens with zero attached hydrogens (tertiary/aromatic N) is 3. The van der Waals surface area contributed by atoms with Gasteiger partial charge in [-0.15, -0.1) is 0 Å². The van der Waals surface area contributed by atoms with Gasteiger partial charge in [-0.2, -0.15) is 5.26 Å². The van der Waals surface area contributed by atoms with Crippen LogP contribution in [-0.2, 0) is 4.79 Å². The Morgan fingerprint density at radius 3 is 2.64 bits per heavy atom. The first-order valence-corrected chi connectivity index (χ1v) is 9.39. The maximum absolute atomic E-state index is 12.2. The maximum Gasteiger partial charge on any atom is 0.222 e. The van der Waals surface area contributed by atoms with E-state index in [0.717, 1.165) is 38.2 Å². The highest BCUT2D eigenvalue weighted by Crippen LogP contribution is 2.30. The predicted molar refractivity (Wildman–Crippen MR) is 96.3 cm³/mol. The summed E-state index contributed by atoms with van der Waals surface area (Å²) in [5, 5.41) is 8.83. The van der Waals surface area contributed by atoms with Crippen molar-refractivity contribution in [2.45, 2.75) is 51.1 Å². The number of carbonyl (C=O) groups excluding carboxylic acids is 1. The van der Waals surface area contributed by atoms with Gasteiger partial charge in [0, 0.05) is 31.6 Å². The number of carbonyl (C=O) groups is 1. The lowest BCUT2D eigenvalue weighted by Crippen LogP contribution is -2.49. The van der Waals surface area contributed by atoms with E-state index in [1.54, 1.807) is 12.1 Å². The lowest BCUT2D eigenvalue weighted by molar-refractivity contribution is -0.132. The molecular weight excluding hydrogens is 314 g/mol. The zero-order valence-electron chi connectivity index (χ0n) is 15.0. The molecule has 5 nitrogen and oxygen atoms in total. The predicted octanol–water partition coefficient (Wildman–Crippen LogP) is 2.80. The smallest absolute Gasteiger partial charge is 0.222 e. The van der Waals surface area contributed by atoms with Crippen molar-refractivity contribution in [3.05, 3.63) is 29.8 Å². The van der Waals surface area contributed by atoms with Crippen LogP contribution in [0.3, 0.4) is 0 Å². The minimum Gasteiger partial charge on any atom is -0.492 e. The van der Waals surface area contributed by atoms with E-state index in [1.165, 1.54) is 12.8 Å². The van der Waals surface area contributed by atoms with Crippen LogP contribution in [0.2, 0.25) is 0 Å². The third-order valence-electron chi connectivity index (χ3n) is 5.41. The third kappa shape index (κ3) is 4.13.